The van der Waals surface area contributed by atoms with E-state index in [4.69, 9.17) is 4.74 Å². The van der Waals surface area contributed by atoms with Crippen LogP contribution in [-0.4, -0.2) is 31.2 Å². The van der Waals surface area contributed by atoms with Crippen LogP contribution in [0.25, 0.3) is 0 Å². The minimum Gasteiger partial charge on any atom is -0.369 e. The number of alkyl halides is 2. The van der Waals surface area contributed by atoms with E-state index in [-0.39, 0.29) is 12.6 Å². The van der Waals surface area contributed by atoms with E-state index in [2.05, 4.69) is 5.32 Å². The molecule has 0 radical (unpaired) electrons. The standard InChI is InChI=1S/C8H15F2NO/c1-6(2)12-7-3-4-11-5-8(7,9)10/h6-7,11H,3-5H2,1-2H3. The van der Waals surface area contributed by atoms with Crippen LogP contribution in [0.1, 0.15) is 20.3 Å². The van der Waals surface area contributed by atoms with Crippen LogP contribution in [0.5, 0.6) is 0 Å². The molecule has 0 spiro atoms. The number of piperidine rings is 1. The Balaban J connectivity index is 2.48. The van der Waals surface area contributed by atoms with E-state index >= 15 is 0 Å². The molecule has 12 heavy (non-hydrogen) atoms. The Morgan fingerprint density at radius 3 is 2.67 bits per heavy atom. The first kappa shape index (κ1) is 9.86. The molecule has 4 heteroatoms. The molecule has 1 N–H and O–H groups in total. The molecular formula is C8H15F2NO. The second kappa shape index (κ2) is 3.66. The summed E-state index contributed by atoms with van der Waals surface area (Å²) in [6, 6.07) is 0. The maximum atomic E-state index is 13.0. The van der Waals surface area contributed by atoms with Gasteiger partial charge in [-0.3, -0.25) is 0 Å². The molecule has 72 valence electrons. The van der Waals surface area contributed by atoms with Crippen molar-refractivity contribution in [2.24, 2.45) is 0 Å². The van der Waals surface area contributed by atoms with Crippen LogP contribution < -0.4 is 5.32 Å². The van der Waals surface area contributed by atoms with Crippen LogP contribution in [0.15, 0.2) is 0 Å². The lowest BCUT2D eigenvalue weighted by atomic mass is 10.1. The van der Waals surface area contributed by atoms with Gasteiger partial charge in [0.15, 0.2) is 0 Å². The summed E-state index contributed by atoms with van der Waals surface area (Å²) < 4.78 is 31.2. The number of rotatable bonds is 2. The molecule has 1 heterocycles. The van der Waals surface area contributed by atoms with Crippen molar-refractivity contribution in [3.8, 4) is 0 Å². The number of nitrogens with one attached hydrogen (secondary N) is 1. The van der Waals surface area contributed by atoms with E-state index in [0.717, 1.165) is 0 Å². The summed E-state index contributed by atoms with van der Waals surface area (Å²) in [4.78, 5) is 0. The molecular weight excluding hydrogens is 164 g/mol. The van der Waals surface area contributed by atoms with Crippen molar-refractivity contribution in [2.45, 2.75) is 38.4 Å². The molecule has 0 saturated carbocycles. The highest BCUT2D eigenvalue weighted by molar-refractivity contribution is 4.85. The molecule has 0 aromatic heterocycles. The van der Waals surface area contributed by atoms with Crippen molar-refractivity contribution in [1.29, 1.82) is 0 Å². The first-order valence-corrected chi connectivity index (χ1v) is 4.26. The minimum atomic E-state index is -2.71. The van der Waals surface area contributed by atoms with Crippen molar-refractivity contribution in [1.82, 2.24) is 5.32 Å². The molecule has 0 aliphatic carbocycles. The Kier molecular flexibility index (Phi) is 3.01. The van der Waals surface area contributed by atoms with Gasteiger partial charge < -0.3 is 10.1 Å². The minimum absolute atomic E-state index is 0.126. The summed E-state index contributed by atoms with van der Waals surface area (Å²) in [5, 5.41) is 2.65. The molecule has 1 rings (SSSR count). The van der Waals surface area contributed by atoms with Crippen molar-refractivity contribution >= 4 is 0 Å². The molecule has 1 aliphatic heterocycles. The van der Waals surface area contributed by atoms with Crippen molar-refractivity contribution < 1.29 is 13.5 Å². The van der Waals surface area contributed by atoms with Crippen molar-refractivity contribution in [3.63, 3.8) is 0 Å². The van der Waals surface area contributed by atoms with Gasteiger partial charge in [-0.05, 0) is 26.8 Å². The molecule has 0 amide bonds. The summed E-state index contributed by atoms with van der Waals surface area (Å²) in [5.74, 6) is -2.71. The van der Waals surface area contributed by atoms with Crippen LogP contribution in [0.3, 0.4) is 0 Å². The molecule has 0 aromatic rings. The van der Waals surface area contributed by atoms with Crippen LogP contribution >= 0.6 is 0 Å². The molecule has 1 aliphatic rings. The van der Waals surface area contributed by atoms with Gasteiger partial charge in [0.05, 0.1) is 12.6 Å². The average Bonchev–Trinajstić information content (AvgIpc) is 1.92. The second-order valence-electron chi connectivity index (χ2n) is 3.40. The van der Waals surface area contributed by atoms with Crippen molar-refractivity contribution in [3.05, 3.63) is 0 Å². The van der Waals surface area contributed by atoms with Gasteiger partial charge in [-0.1, -0.05) is 0 Å². The summed E-state index contributed by atoms with van der Waals surface area (Å²) in [6.07, 6.45) is -0.636. The molecule has 1 fully saturated rings. The Labute approximate surface area is 71.3 Å². The topological polar surface area (TPSA) is 21.3 Å². The highest BCUT2D eigenvalue weighted by Gasteiger charge is 2.42. The average molecular weight is 179 g/mol. The number of halogens is 2. The van der Waals surface area contributed by atoms with E-state index in [9.17, 15) is 8.78 Å². The molecule has 1 unspecified atom stereocenters. The summed E-state index contributed by atoms with van der Waals surface area (Å²) in [7, 11) is 0. The van der Waals surface area contributed by atoms with Crippen LogP contribution in [0, 0.1) is 0 Å². The number of hydrogen-bond acceptors (Lipinski definition) is 2. The fourth-order valence-corrected chi connectivity index (χ4v) is 1.31. The zero-order valence-corrected chi connectivity index (χ0v) is 7.44. The van der Waals surface area contributed by atoms with E-state index in [1.54, 1.807) is 13.8 Å². The Bertz CT molecular complexity index is 150. The molecule has 0 aromatic carbocycles. The van der Waals surface area contributed by atoms with Gasteiger partial charge in [0.25, 0.3) is 5.92 Å². The normalized spacial score (nSPS) is 29.2. The van der Waals surface area contributed by atoms with Crippen LogP contribution in [0.4, 0.5) is 8.78 Å². The zero-order chi connectivity index (χ0) is 9.19. The fourth-order valence-electron chi connectivity index (χ4n) is 1.31. The van der Waals surface area contributed by atoms with Gasteiger partial charge in [-0.15, -0.1) is 0 Å². The highest BCUT2D eigenvalue weighted by atomic mass is 19.3. The molecule has 1 saturated heterocycles. The summed E-state index contributed by atoms with van der Waals surface area (Å²) >= 11 is 0. The Hall–Kier alpha value is -0.220. The monoisotopic (exact) mass is 179 g/mol. The largest absolute Gasteiger partial charge is 0.369 e. The SMILES string of the molecule is CC(C)OC1CCNCC1(F)F. The summed E-state index contributed by atoms with van der Waals surface area (Å²) in [5.41, 5.74) is 0. The first-order chi connectivity index (χ1) is 5.52. The van der Waals surface area contributed by atoms with E-state index < -0.39 is 12.0 Å². The van der Waals surface area contributed by atoms with Crippen LogP contribution in [-0.2, 0) is 4.74 Å². The maximum absolute atomic E-state index is 13.0. The smallest absolute Gasteiger partial charge is 0.285 e. The lowest BCUT2D eigenvalue weighted by Crippen LogP contribution is -2.51. The van der Waals surface area contributed by atoms with Gasteiger partial charge in [0, 0.05) is 0 Å². The van der Waals surface area contributed by atoms with E-state index in [0.29, 0.717) is 13.0 Å². The number of ether oxygens (including phenoxy) is 1. The van der Waals surface area contributed by atoms with Gasteiger partial charge >= 0.3 is 0 Å². The zero-order valence-electron chi connectivity index (χ0n) is 7.44. The molecule has 1 atom stereocenters. The third-order valence-electron chi connectivity index (χ3n) is 1.85. The first-order valence-electron chi connectivity index (χ1n) is 4.26. The van der Waals surface area contributed by atoms with Crippen molar-refractivity contribution in [2.75, 3.05) is 13.1 Å². The van der Waals surface area contributed by atoms with Gasteiger partial charge in [0.1, 0.15) is 6.10 Å². The molecule has 0 bridgehead atoms. The quantitative estimate of drug-likeness (QED) is 0.692. The van der Waals surface area contributed by atoms with Gasteiger partial charge in [-0.2, -0.15) is 0 Å². The predicted octanol–water partition coefficient (Wildman–Crippen LogP) is 1.41. The van der Waals surface area contributed by atoms with Gasteiger partial charge in [0.2, 0.25) is 0 Å². The highest BCUT2D eigenvalue weighted by Crippen LogP contribution is 2.26. The Morgan fingerprint density at radius 1 is 1.50 bits per heavy atom. The van der Waals surface area contributed by atoms with Crippen LogP contribution in [0.2, 0.25) is 0 Å². The lowest BCUT2D eigenvalue weighted by Gasteiger charge is -2.32. The maximum Gasteiger partial charge on any atom is 0.285 e. The molecule has 2 nitrogen and oxygen atoms in total. The van der Waals surface area contributed by atoms with E-state index in [1.165, 1.54) is 0 Å². The number of hydrogen-bond donors (Lipinski definition) is 1. The summed E-state index contributed by atoms with van der Waals surface area (Å²) in [6.45, 7) is 3.91. The predicted molar refractivity (Wildman–Crippen MR) is 42.4 cm³/mol. The third kappa shape index (κ3) is 2.38. The lowest BCUT2D eigenvalue weighted by molar-refractivity contribution is -0.163. The van der Waals surface area contributed by atoms with E-state index in [1.807, 2.05) is 0 Å². The third-order valence-corrected chi connectivity index (χ3v) is 1.85. The fraction of sp³-hybridized carbons (Fsp3) is 1.00. The Morgan fingerprint density at radius 2 is 2.17 bits per heavy atom. The second-order valence-corrected chi connectivity index (χ2v) is 3.40. The van der Waals surface area contributed by atoms with Gasteiger partial charge in [-0.25, -0.2) is 8.78 Å².